The number of esters is 1. The second kappa shape index (κ2) is 9.43. The Kier molecular flexibility index (Phi) is 8.75. The molecular formula is C12H17ClN4O2S2. The lowest BCUT2D eigenvalue weighted by atomic mass is 10.4. The summed E-state index contributed by atoms with van der Waals surface area (Å²) in [6, 6.07) is 0. The third-order valence-electron chi connectivity index (χ3n) is 2.20. The molecule has 0 saturated carbocycles. The first kappa shape index (κ1) is 19.5. The minimum atomic E-state index is -0.271. The average Bonchev–Trinajstić information content (AvgIpc) is 2.98. The number of nitrogens with one attached hydrogen (secondary N) is 1. The van der Waals surface area contributed by atoms with Gasteiger partial charge in [0.25, 0.3) is 0 Å². The van der Waals surface area contributed by atoms with Crippen LogP contribution in [0.1, 0.15) is 32.9 Å². The molecule has 0 aliphatic rings. The van der Waals surface area contributed by atoms with Gasteiger partial charge in [-0.25, -0.2) is 14.8 Å². The summed E-state index contributed by atoms with van der Waals surface area (Å²) >= 11 is 2.71. The number of ether oxygens (including phenoxy) is 1. The summed E-state index contributed by atoms with van der Waals surface area (Å²) in [5.41, 5.74) is 10.1. The Morgan fingerprint density at radius 3 is 2.00 bits per heavy atom. The molecular weight excluding hydrogens is 332 g/mol. The number of hydrogen-bond acceptors (Lipinski definition) is 7. The van der Waals surface area contributed by atoms with Gasteiger partial charge in [0, 0.05) is 0 Å². The van der Waals surface area contributed by atoms with Crippen molar-refractivity contribution in [3.8, 4) is 0 Å². The molecule has 9 heteroatoms. The van der Waals surface area contributed by atoms with E-state index < -0.39 is 0 Å². The van der Waals surface area contributed by atoms with Crippen molar-refractivity contribution in [3.05, 3.63) is 32.2 Å². The number of nitrogens with two attached hydrogens (primary N) is 1. The number of thiazole rings is 2. The summed E-state index contributed by atoms with van der Waals surface area (Å²) in [7, 11) is 0. The number of aromatic nitrogens is 2. The SMILES string of the molecule is CCOC(=O)c1scnc1C.Cc1ncsc1C(=N)N.Cl. The Morgan fingerprint density at radius 1 is 1.24 bits per heavy atom. The fraction of sp³-hybridized carbons (Fsp3) is 0.333. The standard InChI is InChI=1S/C7H9NO2S.C5H7N3S.ClH/c1-3-10-7(9)6-5(2)8-4-11-6;1-3-4(5(6)7)9-2-8-3;/h4H,3H2,1-2H3;2H,1H3,(H3,6,7);1H. The van der Waals surface area contributed by atoms with Gasteiger partial charge in [0.2, 0.25) is 0 Å². The number of carbonyl (C=O) groups is 1. The van der Waals surface area contributed by atoms with E-state index in [1.165, 1.54) is 22.7 Å². The smallest absolute Gasteiger partial charge is 0.350 e. The summed E-state index contributed by atoms with van der Waals surface area (Å²) in [6.45, 7) is 5.83. The van der Waals surface area contributed by atoms with Gasteiger partial charge < -0.3 is 10.5 Å². The molecule has 6 nitrogen and oxygen atoms in total. The monoisotopic (exact) mass is 348 g/mol. The molecule has 0 spiro atoms. The molecule has 0 aliphatic heterocycles. The lowest BCUT2D eigenvalue weighted by Gasteiger charge is -1.97. The van der Waals surface area contributed by atoms with Crippen LogP contribution in [-0.4, -0.2) is 28.4 Å². The number of halogens is 1. The molecule has 0 saturated heterocycles. The summed E-state index contributed by atoms with van der Waals surface area (Å²) in [6.07, 6.45) is 0. The molecule has 3 N–H and O–H groups in total. The third kappa shape index (κ3) is 5.78. The average molecular weight is 349 g/mol. The zero-order valence-electron chi connectivity index (χ0n) is 11.9. The minimum Gasteiger partial charge on any atom is -0.462 e. The highest BCUT2D eigenvalue weighted by molar-refractivity contribution is 7.12. The molecule has 116 valence electrons. The van der Waals surface area contributed by atoms with Crippen molar-refractivity contribution >= 4 is 46.9 Å². The van der Waals surface area contributed by atoms with Crippen LogP contribution in [0.15, 0.2) is 11.0 Å². The van der Waals surface area contributed by atoms with E-state index in [1.54, 1.807) is 24.9 Å². The maximum absolute atomic E-state index is 11.1. The second-order valence-electron chi connectivity index (χ2n) is 3.67. The number of amidine groups is 1. The quantitative estimate of drug-likeness (QED) is 0.504. The van der Waals surface area contributed by atoms with Gasteiger partial charge in [0.05, 0.1) is 33.9 Å². The van der Waals surface area contributed by atoms with Crippen molar-refractivity contribution in [1.29, 1.82) is 5.41 Å². The predicted octanol–water partition coefficient (Wildman–Crippen LogP) is 2.79. The van der Waals surface area contributed by atoms with E-state index in [0.717, 1.165) is 16.3 Å². The topological polar surface area (TPSA) is 102 Å². The molecule has 2 aromatic rings. The fourth-order valence-corrected chi connectivity index (χ4v) is 2.62. The highest BCUT2D eigenvalue weighted by Gasteiger charge is 2.11. The molecule has 2 rings (SSSR count). The van der Waals surface area contributed by atoms with Crippen molar-refractivity contribution in [2.75, 3.05) is 6.61 Å². The van der Waals surface area contributed by atoms with Crippen molar-refractivity contribution in [2.24, 2.45) is 5.73 Å². The van der Waals surface area contributed by atoms with Crippen molar-refractivity contribution < 1.29 is 9.53 Å². The molecule has 0 amide bonds. The highest BCUT2D eigenvalue weighted by Crippen LogP contribution is 2.12. The first-order valence-corrected chi connectivity index (χ1v) is 7.55. The van der Waals surface area contributed by atoms with E-state index >= 15 is 0 Å². The van der Waals surface area contributed by atoms with Gasteiger partial charge in [-0.15, -0.1) is 35.1 Å². The van der Waals surface area contributed by atoms with E-state index in [0.29, 0.717) is 11.5 Å². The van der Waals surface area contributed by atoms with Crippen LogP contribution in [0, 0.1) is 19.3 Å². The number of carbonyl (C=O) groups excluding carboxylic acids is 1. The fourth-order valence-electron chi connectivity index (χ4n) is 1.25. The van der Waals surface area contributed by atoms with Crippen LogP contribution >= 0.6 is 35.1 Å². The molecule has 0 aliphatic carbocycles. The van der Waals surface area contributed by atoms with E-state index in [4.69, 9.17) is 15.9 Å². The molecule has 0 fully saturated rings. The lowest BCUT2D eigenvalue weighted by Crippen LogP contribution is -2.10. The van der Waals surface area contributed by atoms with E-state index in [-0.39, 0.29) is 24.2 Å². The van der Waals surface area contributed by atoms with Crippen LogP contribution in [0.5, 0.6) is 0 Å². The lowest BCUT2D eigenvalue weighted by molar-refractivity contribution is 0.0531. The van der Waals surface area contributed by atoms with Gasteiger partial charge in [0.1, 0.15) is 10.7 Å². The molecule has 0 atom stereocenters. The molecule has 0 radical (unpaired) electrons. The van der Waals surface area contributed by atoms with Gasteiger partial charge >= 0.3 is 5.97 Å². The van der Waals surface area contributed by atoms with Crippen molar-refractivity contribution in [1.82, 2.24) is 9.97 Å². The van der Waals surface area contributed by atoms with Crippen LogP contribution in [0.25, 0.3) is 0 Å². The zero-order valence-corrected chi connectivity index (χ0v) is 14.3. The van der Waals surface area contributed by atoms with Crippen LogP contribution in [0.2, 0.25) is 0 Å². The van der Waals surface area contributed by atoms with Crippen molar-refractivity contribution in [2.45, 2.75) is 20.8 Å². The number of rotatable bonds is 3. The maximum atomic E-state index is 11.1. The Balaban J connectivity index is 0.000000370. The Hall–Kier alpha value is -1.51. The van der Waals surface area contributed by atoms with Gasteiger partial charge in [0.15, 0.2) is 0 Å². The van der Waals surface area contributed by atoms with Gasteiger partial charge in [-0.3, -0.25) is 5.41 Å². The van der Waals surface area contributed by atoms with Gasteiger partial charge in [-0.1, -0.05) is 0 Å². The largest absolute Gasteiger partial charge is 0.462 e. The van der Waals surface area contributed by atoms with Crippen LogP contribution in [0.3, 0.4) is 0 Å². The van der Waals surface area contributed by atoms with E-state index in [2.05, 4.69) is 9.97 Å². The van der Waals surface area contributed by atoms with Crippen LogP contribution in [-0.2, 0) is 4.74 Å². The molecule has 2 heterocycles. The Labute approximate surface area is 137 Å². The molecule has 0 unspecified atom stereocenters. The molecule has 0 bridgehead atoms. The van der Waals surface area contributed by atoms with Crippen LogP contribution < -0.4 is 5.73 Å². The van der Waals surface area contributed by atoms with Gasteiger partial charge in [-0.05, 0) is 20.8 Å². The first-order valence-electron chi connectivity index (χ1n) is 5.79. The molecule has 21 heavy (non-hydrogen) atoms. The summed E-state index contributed by atoms with van der Waals surface area (Å²) < 4.78 is 4.80. The first-order chi connectivity index (χ1) is 9.47. The van der Waals surface area contributed by atoms with Crippen molar-refractivity contribution in [3.63, 3.8) is 0 Å². The van der Waals surface area contributed by atoms with Crippen LogP contribution in [0.4, 0.5) is 0 Å². The predicted molar refractivity (Wildman–Crippen MR) is 87.9 cm³/mol. The highest BCUT2D eigenvalue weighted by atomic mass is 35.5. The number of nitrogens with zero attached hydrogens (tertiary/aromatic N) is 2. The normalized spacial score (nSPS) is 9.10. The van der Waals surface area contributed by atoms with E-state index in [9.17, 15) is 4.79 Å². The maximum Gasteiger partial charge on any atom is 0.350 e. The Morgan fingerprint density at radius 2 is 1.71 bits per heavy atom. The van der Waals surface area contributed by atoms with Gasteiger partial charge in [-0.2, -0.15) is 0 Å². The summed E-state index contributed by atoms with van der Waals surface area (Å²) in [4.78, 5) is 20.3. The summed E-state index contributed by atoms with van der Waals surface area (Å²) in [5, 5.41) is 7.04. The molecule has 2 aromatic heterocycles. The number of aryl methyl sites for hydroxylation is 2. The summed E-state index contributed by atoms with van der Waals surface area (Å²) in [5.74, 6) is -0.164. The Bertz CT molecular complexity index is 598. The third-order valence-corrected chi connectivity index (χ3v) is 4.07. The number of hydrogen-bond donors (Lipinski definition) is 2. The minimum absolute atomic E-state index is 0. The van der Waals surface area contributed by atoms with E-state index in [1.807, 2.05) is 6.92 Å². The molecule has 0 aromatic carbocycles. The zero-order chi connectivity index (χ0) is 15.1. The number of nitrogen functional groups attached to an aromatic ring is 1. The second-order valence-corrected chi connectivity index (χ2v) is 5.38.